The number of aromatic nitrogens is 1. The predicted molar refractivity (Wildman–Crippen MR) is 131 cm³/mol. The second-order valence-electron chi connectivity index (χ2n) is 9.21. The van der Waals surface area contributed by atoms with Crippen molar-refractivity contribution in [2.45, 2.75) is 32.7 Å². The molecule has 5 rings (SSSR count). The number of nitrogens with zero attached hydrogens (tertiary/aromatic N) is 2. The molecule has 0 radical (unpaired) electrons. The highest BCUT2D eigenvalue weighted by Crippen LogP contribution is 2.43. The Morgan fingerprint density at radius 3 is 2.45 bits per heavy atom. The summed E-state index contributed by atoms with van der Waals surface area (Å²) in [6.07, 6.45) is 2.98. The molecule has 0 N–H and O–H groups in total. The molecule has 0 amide bonds. The van der Waals surface area contributed by atoms with Gasteiger partial charge in [0.05, 0.1) is 23.4 Å². The van der Waals surface area contributed by atoms with Crippen LogP contribution in [0.2, 0.25) is 5.02 Å². The van der Waals surface area contributed by atoms with Gasteiger partial charge in [0, 0.05) is 17.0 Å². The summed E-state index contributed by atoms with van der Waals surface area (Å²) in [5.74, 6) is 0.775. The first-order valence-electron chi connectivity index (χ1n) is 10.7. The molecule has 0 fully saturated rings. The van der Waals surface area contributed by atoms with Gasteiger partial charge < -0.3 is 4.74 Å². The number of benzene rings is 2. The Morgan fingerprint density at radius 1 is 1.09 bits per heavy atom. The summed E-state index contributed by atoms with van der Waals surface area (Å²) in [4.78, 5) is 32.4. The van der Waals surface area contributed by atoms with E-state index in [1.165, 1.54) is 11.3 Å². The second-order valence-corrected chi connectivity index (χ2v) is 10.7. The van der Waals surface area contributed by atoms with E-state index in [-0.39, 0.29) is 16.8 Å². The van der Waals surface area contributed by atoms with Crippen LogP contribution >= 0.6 is 22.9 Å². The molecule has 0 bridgehead atoms. The van der Waals surface area contributed by atoms with E-state index in [1.807, 2.05) is 42.5 Å². The Labute approximate surface area is 200 Å². The maximum Gasteiger partial charge on any atom is 0.271 e. The molecule has 0 saturated heterocycles. The van der Waals surface area contributed by atoms with Gasteiger partial charge in [-0.2, -0.15) is 0 Å². The van der Waals surface area contributed by atoms with Crippen molar-refractivity contribution >= 4 is 34.8 Å². The van der Waals surface area contributed by atoms with Gasteiger partial charge in [-0.25, -0.2) is 4.99 Å². The maximum absolute atomic E-state index is 13.6. The molecule has 3 aromatic rings. The zero-order chi connectivity index (χ0) is 23.3. The fourth-order valence-electron chi connectivity index (χ4n) is 4.56. The molecule has 33 heavy (non-hydrogen) atoms. The topological polar surface area (TPSA) is 60.7 Å². The number of thiazole rings is 1. The molecule has 2 heterocycles. The summed E-state index contributed by atoms with van der Waals surface area (Å²) >= 11 is 7.35. The zero-order valence-electron chi connectivity index (χ0n) is 18.6. The number of carbonyl (C=O) groups is 1. The van der Waals surface area contributed by atoms with Gasteiger partial charge in [-0.3, -0.25) is 14.2 Å². The van der Waals surface area contributed by atoms with Crippen molar-refractivity contribution in [1.29, 1.82) is 0 Å². The summed E-state index contributed by atoms with van der Waals surface area (Å²) in [6.45, 7) is 4.17. The fraction of sp³-hybridized carbons (Fsp3) is 0.269. The van der Waals surface area contributed by atoms with Crippen LogP contribution in [0.3, 0.4) is 0 Å². The van der Waals surface area contributed by atoms with E-state index in [4.69, 9.17) is 21.3 Å². The molecule has 168 valence electrons. The van der Waals surface area contributed by atoms with Crippen molar-refractivity contribution in [2.75, 3.05) is 7.11 Å². The second kappa shape index (κ2) is 8.12. The van der Waals surface area contributed by atoms with Gasteiger partial charge in [-0.1, -0.05) is 61.1 Å². The molecule has 1 aromatic heterocycles. The van der Waals surface area contributed by atoms with Crippen LogP contribution in [0.15, 0.2) is 69.6 Å². The van der Waals surface area contributed by atoms with Crippen molar-refractivity contribution in [3.63, 3.8) is 0 Å². The monoisotopic (exact) mass is 478 g/mol. The number of methoxy groups -OCH3 is 1. The summed E-state index contributed by atoms with van der Waals surface area (Å²) in [5.41, 5.74) is 2.85. The smallest absolute Gasteiger partial charge is 0.271 e. The molecule has 1 aliphatic heterocycles. The lowest BCUT2D eigenvalue weighted by atomic mass is 9.73. The van der Waals surface area contributed by atoms with Crippen LogP contribution in [0.1, 0.15) is 43.9 Å². The SMILES string of the molecule is COc1ccc(C2C3=C(CC(C)(C)CC3=O)N=c3sc(=Cc4ccc(Cl)cc4)c(=O)n32)cc1. The molecular formula is C26H23ClN2O3S. The van der Waals surface area contributed by atoms with Crippen molar-refractivity contribution in [3.05, 3.63) is 95.6 Å². The Kier molecular flexibility index (Phi) is 5.38. The Morgan fingerprint density at radius 2 is 1.79 bits per heavy atom. The molecule has 2 aromatic carbocycles. The van der Waals surface area contributed by atoms with E-state index in [1.54, 1.807) is 23.8 Å². The van der Waals surface area contributed by atoms with E-state index >= 15 is 0 Å². The van der Waals surface area contributed by atoms with Gasteiger partial charge in [-0.15, -0.1) is 0 Å². The van der Waals surface area contributed by atoms with Gasteiger partial charge in [0.15, 0.2) is 10.6 Å². The molecular weight excluding hydrogens is 456 g/mol. The third kappa shape index (κ3) is 3.98. The van der Waals surface area contributed by atoms with Crippen LogP contribution in [0.4, 0.5) is 0 Å². The minimum Gasteiger partial charge on any atom is -0.497 e. The first kappa shape index (κ1) is 21.9. The van der Waals surface area contributed by atoms with Crippen molar-refractivity contribution in [3.8, 4) is 5.75 Å². The molecule has 5 nitrogen and oxygen atoms in total. The van der Waals surface area contributed by atoms with Crippen LogP contribution in [0.25, 0.3) is 6.08 Å². The number of hydrogen-bond acceptors (Lipinski definition) is 5. The lowest BCUT2D eigenvalue weighted by Crippen LogP contribution is -2.42. The summed E-state index contributed by atoms with van der Waals surface area (Å²) in [7, 11) is 1.61. The van der Waals surface area contributed by atoms with Gasteiger partial charge in [0.25, 0.3) is 5.56 Å². The van der Waals surface area contributed by atoms with E-state index in [0.29, 0.717) is 32.8 Å². The predicted octanol–water partition coefficient (Wildman–Crippen LogP) is 4.27. The van der Waals surface area contributed by atoms with E-state index in [0.717, 1.165) is 22.6 Å². The molecule has 2 aliphatic rings. The normalized spacial score (nSPS) is 19.7. The standard InChI is InChI=1S/C26H23ClN2O3S/c1-26(2)13-19-22(20(30)14-26)23(16-6-10-18(32-3)11-7-16)29-24(31)21(33-25(29)28-19)12-15-4-8-17(27)9-5-15/h4-12,23H,13-14H2,1-3H3. The van der Waals surface area contributed by atoms with Gasteiger partial charge in [0.2, 0.25) is 0 Å². The average Bonchev–Trinajstić information content (AvgIpc) is 3.08. The quantitative estimate of drug-likeness (QED) is 0.565. The number of hydrogen-bond donors (Lipinski definition) is 0. The third-order valence-corrected chi connectivity index (χ3v) is 7.33. The maximum atomic E-state index is 13.6. The highest BCUT2D eigenvalue weighted by molar-refractivity contribution is 7.07. The zero-order valence-corrected chi connectivity index (χ0v) is 20.2. The number of carbonyl (C=O) groups excluding carboxylic acids is 1. The minimum atomic E-state index is -0.502. The van der Waals surface area contributed by atoms with Crippen LogP contribution in [-0.2, 0) is 4.79 Å². The highest BCUT2D eigenvalue weighted by Gasteiger charge is 2.40. The van der Waals surface area contributed by atoms with E-state index in [2.05, 4.69) is 13.8 Å². The number of halogens is 1. The van der Waals surface area contributed by atoms with Crippen molar-refractivity contribution < 1.29 is 9.53 Å². The van der Waals surface area contributed by atoms with Crippen LogP contribution in [-0.4, -0.2) is 17.5 Å². The van der Waals surface area contributed by atoms with Crippen LogP contribution in [0, 0.1) is 5.41 Å². The lowest BCUT2D eigenvalue weighted by molar-refractivity contribution is -0.118. The minimum absolute atomic E-state index is 0.0535. The first-order chi connectivity index (χ1) is 15.8. The molecule has 0 spiro atoms. The number of fused-ring (bicyclic) bond motifs is 1. The average molecular weight is 479 g/mol. The first-order valence-corrected chi connectivity index (χ1v) is 11.9. The molecule has 7 heteroatoms. The molecule has 0 saturated carbocycles. The number of ketones is 1. The number of Topliss-reactive ketones (excluding diaryl/α,β-unsaturated/α-hetero) is 1. The van der Waals surface area contributed by atoms with Gasteiger partial charge in [-0.05, 0) is 53.3 Å². The number of allylic oxidation sites excluding steroid dienone is 2. The van der Waals surface area contributed by atoms with Crippen molar-refractivity contribution in [2.24, 2.45) is 10.4 Å². The molecule has 1 unspecified atom stereocenters. The number of rotatable bonds is 3. The Hall–Kier alpha value is -2.96. The molecule has 1 atom stereocenters. The largest absolute Gasteiger partial charge is 0.497 e. The van der Waals surface area contributed by atoms with E-state index in [9.17, 15) is 9.59 Å². The highest BCUT2D eigenvalue weighted by atomic mass is 35.5. The lowest BCUT2D eigenvalue weighted by Gasteiger charge is -2.35. The summed E-state index contributed by atoms with van der Waals surface area (Å²) in [5, 5.41) is 0.641. The van der Waals surface area contributed by atoms with Gasteiger partial charge >= 0.3 is 0 Å². The third-order valence-electron chi connectivity index (χ3n) is 6.09. The van der Waals surface area contributed by atoms with Crippen molar-refractivity contribution in [1.82, 2.24) is 4.57 Å². The fourth-order valence-corrected chi connectivity index (χ4v) is 5.71. The van der Waals surface area contributed by atoms with Crippen LogP contribution < -0.4 is 19.6 Å². The molecule has 1 aliphatic carbocycles. The number of ether oxygens (including phenoxy) is 1. The van der Waals surface area contributed by atoms with Crippen LogP contribution in [0.5, 0.6) is 5.75 Å². The summed E-state index contributed by atoms with van der Waals surface area (Å²) < 4.78 is 7.55. The Balaban J connectivity index is 1.74. The summed E-state index contributed by atoms with van der Waals surface area (Å²) in [6, 6.07) is 14.4. The Bertz CT molecular complexity index is 1460. The van der Waals surface area contributed by atoms with E-state index < -0.39 is 6.04 Å². The van der Waals surface area contributed by atoms with Gasteiger partial charge in [0.1, 0.15) is 5.75 Å².